The second-order valence-corrected chi connectivity index (χ2v) is 7.50. The fourth-order valence-electron chi connectivity index (χ4n) is 2.87. The molecule has 3 rings (SSSR count). The molecule has 4 nitrogen and oxygen atoms in total. The Hall–Kier alpha value is -2.33. The van der Waals surface area contributed by atoms with Crippen LogP contribution in [0.3, 0.4) is 0 Å². The van der Waals surface area contributed by atoms with Crippen LogP contribution in [0.4, 0.5) is 0 Å². The van der Waals surface area contributed by atoms with Gasteiger partial charge in [-0.2, -0.15) is 5.26 Å². The van der Waals surface area contributed by atoms with Crippen molar-refractivity contribution in [3.05, 3.63) is 68.4 Å². The van der Waals surface area contributed by atoms with Gasteiger partial charge < -0.3 is 9.26 Å². The first-order valence-corrected chi connectivity index (χ1v) is 9.46. The van der Waals surface area contributed by atoms with E-state index in [1.54, 1.807) is 0 Å². The lowest BCUT2D eigenvalue weighted by atomic mass is 9.94. The third-order valence-electron chi connectivity index (χ3n) is 4.21. The van der Waals surface area contributed by atoms with Crippen molar-refractivity contribution in [2.45, 2.75) is 33.3 Å². The molecule has 3 aromatic rings. The largest absolute Gasteiger partial charge is 0.488 e. The van der Waals surface area contributed by atoms with Crippen molar-refractivity contribution >= 4 is 22.6 Å². The summed E-state index contributed by atoms with van der Waals surface area (Å²) in [4.78, 5) is 0. The van der Waals surface area contributed by atoms with Gasteiger partial charge in [-0.25, -0.2) is 0 Å². The molecule has 0 fully saturated rings. The average molecular weight is 458 g/mol. The number of hydrogen-bond acceptors (Lipinski definition) is 4. The van der Waals surface area contributed by atoms with Gasteiger partial charge in [0, 0.05) is 0 Å². The highest BCUT2D eigenvalue weighted by atomic mass is 127. The summed E-state index contributed by atoms with van der Waals surface area (Å²) >= 11 is 2.10. The Balaban J connectivity index is 2.06. The highest BCUT2D eigenvalue weighted by Gasteiger charge is 2.21. The van der Waals surface area contributed by atoms with Crippen LogP contribution < -0.4 is 4.74 Å². The molecule has 1 aromatic heterocycles. The molecular formula is C21H19IN2O2. The van der Waals surface area contributed by atoms with Crippen LogP contribution in [-0.2, 0) is 6.61 Å². The Morgan fingerprint density at radius 1 is 1.23 bits per heavy atom. The molecular weight excluding hydrogens is 439 g/mol. The minimum absolute atomic E-state index is 0.293. The van der Waals surface area contributed by atoms with Gasteiger partial charge in [-0.1, -0.05) is 49.3 Å². The van der Waals surface area contributed by atoms with Gasteiger partial charge in [0.25, 0.3) is 0 Å². The Kier molecular flexibility index (Phi) is 5.62. The van der Waals surface area contributed by atoms with E-state index in [4.69, 9.17) is 9.26 Å². The second-order valence-electron chi connectivity index (χ2n) is 6.42. The van der Waals surface area contributed by atoms with E-state index in [1.807, 2.05) is 36.4 Å². The summed E-state index contributed by atoms with van der Waals surface area (Å²) in [6.45, 7) is 6.86. The van der Waals surface area contributed by atoms with Gasteiger partial charge in [-0.3, -0.25) is 0 Å². The lowest BCUT2D eigenvalue weighted by molar-refractivity contribution is 0.305. The number of halogens is 1. The van der Waals surface area contributed by atoms with Crippen molar-refractivity contribution in [1.29, 1.82) is 5.26 Å². The van der Waals surface area contributed by atoms with Crippen LogP contribution in [0, 0.1) is 21.8 Å². The van der Waals surface area contributed by atoms with E-state index in [0.29, 0.717) is 27.5 Å². The fraction of sp³-hybridized carbons (Fsp3) is 0.238. The SMILES string of the molecule is Cc1cc(OCc2ccccc2)c(-c2onc(C#N)c2I)cc1C(C)C. The number of rotatable bonds is 5. The molecule has 132 valence electrons. The summed E-state index contributed by atoms with van der Waals surface area (Å²) in [5, 5.41) is 13.0. The van der Waals surface area contributed by atoms with Gasteiger partial charge in [0.15, 0.2) is 11.5 Å². The average Bonchev–Trinajstić information content (AvgIpc) is 3.01. The normalized spacial score (nSPS) is 10.8. The van der Waals surface area contributed by atoms with Gasteiger partial charge in [-0.15, -0.1) is 0 Å². The molecule has 0 radical (unpaired) electrons. The van der Waals surface area contributed by atoms with E-state index in [9.17, 15) is 5.26 Å². The summed E-state index contributed by atoms with van der Waals surface area (Å²) in [5.74, 6) is 1.68. The molecule has 0 saturated heterocycles. The van der Waals surface area contributed by atoms with E-state index in [1.165, 1.54) is 11.1 Å². The van der Waals surface area contributed by atoms with Crippen molar-refractivity contribution in [3.63, 3.8) is 0 Å². The quantitative estimate of drug-likeness (QED) is 0.452. The molecule has 1 heterocycles. The predicted octanol–water partition coefficient (Wildman–Crippen LogP) is 5.83. The number of hydrogen-bond donors (Lipinski definition) is 0. The van der Waals surface area contributed by atoms with Crippen LogP contribution in [0.5, 0.6) is 5.75 Å². The zero-order valence-corrected chi connectivity index (χ0v) is 17.1. The van der Waals surface area contributed by atoms with Crippen LogP contribution in [0.15, 0.2) is 47.0 Å². The van der Waals surface area contributed by atoms with E-state index in [0.717, 1.165) is 16.9 Å². The first kappa shape index (κ1) is 18.5. The summed E-state index contributed by atoms with van der Waals surface area (Å²) in [7, 11) is 0. The number of aromatic nitrogens is 1. The highest BCUT2D eigenvalue weighted by molar-refractivity contribution is 14.1. The number of aryl methyl sites for hydroxylation is 1. The minimum Gasteiger partial charge on any atom is -0.488 e. The molecule has 0 aliphatic carbocycles. The maximum Gasteiger partial charge on any atom is 0.197 e. The third kappa shape index (κ3) is 3.75. The van der Waals surface area contributed by atoms with E-state index in [2.05, 4.69) is 60.7 Å². The summed E-state index contributed by atoms with van der Waals surface area (Å²) in [5.41, 5.74) is 4.60. The number of nitriles is 1. The number of benzene rings is 2. The van der Waals surface area contributed by atoms with Gasteiger partial charge in [0.1, 0.15) is 18.4 Å². The van der Waals surface area contributed by atoms with Crippen LogP contribution in [0.2, 0.25) is 0 Å². The fourth-order valence-corrected chi connectivity index (χ4v) is 3.48. The molecule has 0 spiro atoms. The number of nitrogens with zero attached hydrogens (tertiary/aromatic N) is 2. The van der Waals surface area contributed by atoms with Crippen molar-refractivity contribution < 1.29 is 9.26 Å². The molecule has 0 atom stereocenters. The number of ether oxygens (including phenoxy) is 1. The molecule has 2 aromatic carbocycles. The van der Waals surface area contributed by atoms with Gasteiger partial charge in [0.2, 0.25) is 0 Å². The molecule has 0 bridgehead atoms. The maximum absolute atomic E-state index is 9.18. The zero-order chi connectivity index (χ0) is 18.7. The first-order chi connectivity index (χ1) is 12.5. The third-order valence-corrected chi connectivity index (χ3v) is 5.21. The van der Waals surface area contributed by atoms with Gasteiger partial charge >= 0.3 is 0 Å². The van der Waals surface area contributed by atoms with Gasteiger partial charge in [0.05, 0.1) is 9.13 Å². The van der Waals surface area contributed by atoms with Crippen LogP contribution in [-0.4, -0.2) is 5.16 Å². The monoisotopic (exact) mass is 458 g/mol. The second kappa shape index (κ2) is 7.92. The zero-order valence-electron chi connectivity index (χ0n) is 14.9. The van der Waals surface area contributed by atoms with Crippen LogP contribution >= 0.6 is 22.6 Å². The molecule has 0 saturated carbocycles. The van der Waals surface area contributed by atoms with Gasteiger partial charge in [-0.05, 0) is 64.3 Å². The summed E-state index contributed by atoms with van der Waals surface area (Å²) in [6, 6.07) is 16.2. The van der Waals surface area contributed by atoms with Crippen molar-refractivity contribution in [1.82, 2.24) is 5.16 Å². The molecule has 0 N–H and O–H groups in total. The molecule has 26 heavy (non-hydrogen) atoms. The lowest BCUT2D eigenvalue weighted by Crippen LogP contribution is -2.00. The van der Waals surface area contributed by atoms with Crippen molar-refractivity contribution in [3.8, 4) is 23.1 Å². The molecule has 0 amide bonds. The topological polar surface area (TPSA) is 59.1 Å². The highest BCUT2D eigenvalue weighted by Crippen LogP contribution is 2.38. The Labute approximate surface area is 166 Å². The van der Waals surface area contributed by atoms with E-state index in [-0.39, 0.29) is 0 Å². The molecule has 0 aliphatic rings. The van der Waals surface area contributed by atoms with Crippen molar-refractivity contribution in [2.75, 3.05) is 0 Å². The molecule has 0 aliphatic heterocycles. The minimum atomic E-state index is 0.293. The van der Waals surface area contributed by atoms with Crippen LogP contribution in [0.1, 0.15) is 42.1 Å². The Morgan fingerprint density at radius 2 is 1.96 bits per heavy atom. The first-order valence-electron chi connectivity index (χ1n) is 8.38. The molecule has 0 unspecified atom stereocenters. The summed E-state index contributed by atoms with van der Waals surface area (Å²) < 4.78 is 12.3. The van der Waals surface area contributed by atoms with Crippen molar-refractivity contribution in [2.24, 2.45) is 0 Å². The smallest absolute Gasteiger partial charge is 0.197 e. The van der Waals surface area contributed by atoms with E-state index >= 15 is 0 Å². The molecule has 5 heteroatoms. The predicted molar refractivity (Wildman–Crippen MR) is 109 cm³/mol. The standard InChI is InChI=1S/C21H19IN2O2/c1-13(2)16-10-17(21-20(22)18(11-23)24-26-21)19(9-14(16)3)25-12-15-7-5-4-6-8-15/h4-10,13H,12H2,1-3H3. The Bertz CT molecular complexity index is 956. The van der Waals surface area contributed by atoms with Crippen LogP contribution in [0.25, 0.3) is 11.3 Å². The Morgan fingerprint density at radius 3 is 2.58 bits per heavy atom. The van der Waals surface area contributed by atoms with E-state index < -0.39 is 0 Å². The lowest BCUT2D eigenvalue weighted by Gasteiger charge is -2.16. The summed E-state index contributed by atoms with van der Waals surface area (Å²) in [6.07, 6.45) is 0. The maximum atomic E-state index is 9.18.